The summed E-state index contributed by atoms with van der Waals surface area (Å²) < 4.78 is 0. The molecule has 0 spiro atoms. The Morgan fingerprint density at radius 1 is 0.762 bits per heavy atom. The van der Waals surface area contributed by atoms with E-state index in [1.165, 1.54) is 96.4 Å². The van der Waals surface area contributed by atoms with Crippen LogP contribution in [0.5, 0.6) is 0 Å². The highest BCUT2D eigenvalue weighted by Crippen LogP contribution is 2.26. The summed E-state index contributed by atoms with van der Waals surface area (Å²) >= 11 is 2.07. The van der Waals surface area contributed by atoms with E-state index in [4.69, 9.17) is 0 Å². The first kappa shape index (κ1) is 19.4. The number of nitrogens with one attached hydrogen (secondary N) is 1. The molecule has 0 aliphatic heterocycles. The Hall–Kier alpha value is 0.310. The summed E-state index contributed by atoms with van der Waals surface area (Å²) in [6.07, 6.45) is 22.3. The third-order valence-corrected chi connectivity index (χ3v) is 6.11. The molecule has 1 N–H and O–H groups in total. The van der Waals surface area contributed by atoms with Gasteiger partial charge in [-0.2, -0.15) is 11.8 Å². The first-order chi connectivity index (χ1) is 10.4. The number of thioether (sulfide) groups is 1. The molecule has 1 nitrogen and oxygen atoms in total. The Morgan fingerprint density at radius 2 is 1.29 bits per heavy atom. The van der Waals surface area contributed by atoms with Crippen molar-refractivity contribution < 1.29 is 0 Å². The molecule has 0 aromatic rings. The van der Waals surface area contributed by atoms with E-state index in [-0.39, 0.29) is 0 Å². The molecule has 1 rings (SSSR count). The zero-order valence-electron chi connectivity index (χ0n) is 14.7. The minimum absolute atomic E-state index is 0.826. The second-order valence-corrected chi connectivity index (χ2v) is 7.98. The highest BCUT2D eigenvalue weighted by molar-refractivity contribution is 7.99. The molecule has 0 atom stereocenters. The van der Waals surface area contributed by atoms with Gasteiger partial charge in [-0.25, -0.2) is 0 Å². The summed E-state index contributed by atoms with van der Waals surface area (Å²) in [4.78, 5) is 0. The van der Waals surface area contributed by atoms with Crippen LogP contribution in [0.3, 0.4) is 0 Å². The van der Waals surface area contributed by atoms with Gasteiger partial charge in [-0.05, 0) is 44.9 Å². The van der Waals surface area contributed by atoms with Crippen LogP contribution in [0.25, 0.3) is 0 Å². The number of hydrogen-bond donors (Lipinski definition) is 1. The smallest absolute Gasteiger partial charge is 0.00678 e. The van der Waals surface area contributed by atoms with E-state index in [9.17, 15) is 0 Å². The molecule has 0 unspecified atom stereocenters. The molecule has 2 heteroatoms. The van der Waals surface area contributed by atoms with Gasteiger partial charge >= 0.3 is 0 Å². The summed E-state index contributed by atoms with van der Waals surface area (Å²) in [5, 5.41) is 4.73. The van der Waals surface area contributed by atoms with Crippen molar-refractivity contribution in [3.8, 4) is 0 Å². The van der Waals surface area contributed by atoms with Gasteiger partial charge in [-0.15, -0.1) is 0 Å². The maximum Gasteiger partial charge on any atom is 0.00678 e. The lowest BCUT2D eigenvalue weighted by molar-refractivity contribution is 0.376. The van der Waals surface area contributed by atoms with Gasteiger partial charge in [0.1, 0.15) is 0 Å². The summed E-state index contributed by atoms with van der Waals surface area (Å²) in [5.41, 5.74) is 0. The molecular formula is C19H39NS. The van der Waals surface area contributed by atoms with Gasteiger partial charge in [-0.3, -0.25) is 0 Å². The number of rotatable bonds is 13. The summed E-state index contributed by atoms with van der Waals surface area (Å²) in [6.45, 7) is 3.55. The summed E-state index contributed by atoms with van der Waals surface area (Å²) in [6, 6.07) is 0.826. The topological polar surface area (TPSA) is 12.0 Å². The van der Waals surface area contributed by atoms with Crippen LogP contribution in [-0.2, 0) is 0 Å². The van der Waals surface area contributed by atoms with E-state index in [0.29, 0.717) is 0 Å². The van der Waals surface area contributed by atoms with E-state index >= 15 is 0 Å². The normalized spacial score (nSPS) is 22.6. The number of unbranched alkanes of at least 4 members (excludes halogenated alkanes) is 9. The van der Waals surface area contributed by atoms with Crippen molar-refractivity contribution in [3.63, 3.8) is 0 Å². The molecule has 21 heavy (non-hydrogen) atoms. The number of hydrogen-bond acceptors (Lipinski definition) is 2. The van der Waals surface area contributed by atoms with Crippen molar-refractivity contribution in [2.24, 2.45) is 0 Å². The molecule has 0 bridgehead atoms. The minimum atomic E-state index is 0.826. The molecule has 1 saturated carbocycles. The fourth-order valence-corrected chi connectivity index (χ4v) is 4.16. The van der Waals surface area contributed by atoms with Crippen molar-refractivity contribution in [1.82, 2.24) is 5.32 Å². The molecule has 0 aromatic carbocycles. The molecule has 0 heterocycles. The van der Waals surface area contributed by atoms with Gasteiger partial charge in [0, 0.05) is 11.3 Å². The Morgan fingerprint density at radius 3 is 1.81 bits per heavy atom. The van der Waals surface area contributed by atoms with Crippen LogP contribution in [0.4, 0.5) is 0 Å². The molecule has 1 aliphatic rings. The molecular weight excluding hydrogens is 274 g/mol. The molecule has 0 saturated heterocycles. The van der Waals surface area contributed by atoms with E-state index in [2.05, 4.69) is 30.3 Å². The minimum Gasteiger partial charge on any atom is -0.314 e. The molecule has 0 aromatic heterocycles. The predicted molar refractivity (Wildman–Crippen MR) is 99.4 cm³/mol. The van der Waals surface area contributed by atoms with Crippen molar-refractivity contribution in [2.75, 3.05) is 12.8 Å². The van der Waals surface area contributed by atoms with Crippen LogP contribution in [0.2, 0.25) is 0 Å². The Labute approximate surface area is 138 Å². The van der Waals surface area contributed by atoms with E-state index in [0.717, 1.165) is 11.3 Å². The third kappa shape index (κ3) is 10.6. The summed E-state index contributed by atoms with van der Waals surface area (Å²) in [7, 11) is 0. The first-order valence-corrected chi connectivity index (χ1v) is 10.9. The van der Waals surface area contributed by atoms with Crippen LogP contribution in [0.15, 0.2) is 0 Å². The van der Waals surface area contributed by atoms with Gasteiger partial charge in [0.25, 0.3) is 0 Å². The Kier molecular flexibility index (Phi) is 12.8. The molecule has 0 amide bonds. The molecule has 1 aliphatic carbocycles. The molecule has 1 fully saturated rings. The molecule has 126 valence electrons. The first-order valence-electron chi connectivity index (χ1n) is 9.63. The van der Waals surface area contributed by atoms with Crippen LogP contribution < -0.4 is 5.32 Å². The van der Waals surface area contributed by atoms with Crippen molar-refractivity contribution in [2.45, 2.75) is 108 Å². The van der Waals surface area contributed by atoms with Crippen molar-refractivity contribution in [1.29, 1.82) is 0 Å². The average molecular weight is 314 g/mol. The maximum absolute atomic E-state index is 3.78. The standard InChI is InChI=1S/C19H39NS/c1-3-4-5-6-7-8-9-10-11-12-17-20-18-13-15-19(21-2)16-14-18/h18-20H,3-17H2,1-2H3. The highest BCUT2D eigenvalue weighted by atomic mass is 32.2. The lowest BCUT2D eigenvalue weighted by Gasteiger charge is -2.28. The zero-order chi connectivity index (χ0) is 15.2. The molecule has 0 radical (unpaired) electrons. The maximum atomic E-state index is 3.78. The van der Waals surface area contributed by atoms with Gasteiger partial charge < -0.3 is 5.32 Å². The lowest BCUT2D eigenvalue weighted by atomic mass is 9.95. The summed E-state index contributed by atoms with van der Waals surface area (Å²) in [5.74, 6) is 0. The lowest BCUT2D eigenvalue weighted by Crippen LogP contribution is -2.34. The Bertz CT molecular complexity index is 212. The second kappa shape index (κ2) is 13.9. The SMILES string of the molecule is CCCCCCCCCCCCNC1CCC(SC)CC1. The third-order valence-electron chi connectivity index (χ3n) is 4.97. The van der Waals surface area contributed by atoms with E-state index in [1.54, 1.807) is 0 Å². The van der Waals surface area contributed by atoms with Crippen LogP contribution in [0.1, 0.15) is 96.8 Å². The van der Waals surface area contributed by atoms with Crippen LogP contribution in [0, 0.1) is 0 Å². The predicted octanol–water partition coefficient (Wildman–Crippen LogP) is 6.17. The van der Waals surface area contributed by atoms with E-state index in [1.807, 2.05) is 0 Å². The average Bonchev–Trinajstić information content (AvgIpc) is 2.53. The van der Waals surface area contributed by atoms with Gasteiger partial charge in [0.2, 0.25) is 0 Å². The van der Waals surface area contributed by atoms with Crippen molar-refractivity contribution >= 4 is 11.8 Å². The van der Waals surface area contributed by atoms with Gasteiger partial charge in [0.05, 0.1) is 0 Å². The zero-order valence-corrected chi connectivity index (χ0v) is 15.5. The van der Waals surface area contributed by atoms with Crippen LogP contribution >= 0.6 is 11.8 Å². The fourth-order valence-electron chi connectivity index (χ4n) is 3.42. The van der Waals surface area contributed by atoms with Gasteiger partial charge in [0.15, 0.2) is 0 Å². The fraction of sp³-hybridized carbons (Fsp3) is 1.00. The Balaban J connectivity index is 1.77. The van der Waals surface area contributed by atoms with Crippen molar-refractivity contribution in [3.05, 3.63) is 0 Å². The van der Waals surface area contributed by atoms with Crippen LogP contribution in [-0.4, -0.2) is 24.1 Å². The van der Waals surface area contributed by atoms with E-state index < -0.39 is 0 Å². The largest absolute Gasteiger partial charge is 0.314 e. The highest BCUT2D eigenvalue weighted by Gasteiger charge is 2.19. The monoisotopic (exact) mass is 313 g/mol. The van der Waals surface area contributed by atoms with Gasteiger partial charge in [-0.1, -0.05) is 64.7 Å². The second-order valence-electron chi connectivity index (χ2n) is 6.85. The quantitative estimate of drug-likeness (QED) is 0.408.